The molecule has 11 heavy (non-hydrogen) atoms. The Bertz CT molecular complexity index is 303. The summed E-state index contributed by atoms with van der Waals surface area (Å²) in [6, 6.07) is 7.45. The number of rotatable bonds is 1. The van der Waals surface area contributed by atoms with Gasteiger partial charge in [0.1, 0.15) is 6.07 Å². The van der Waals surface area contributed by atoms with Crippen molar-refractivity contribution in [2.75, 3.05) is 6.26 Å². The van der Waals surface area contributed by atoms with Crippen molar-refractivity contribution in [2.45, 2.75) is 4.90 Å². The van der Waals surface area contributed by atoms with E-state index in [4.69, 9.17) is 16.9 Å². The number of benzene rings is 1. The van der Waals surface area contributed by atoms with E-state index in [-0.39, 0.29) is 0 Å². The van der Waals surface area contributed by atoms with E-state index in [1.165, 1.54) is 0 Å². The largest absolute Gasteiger partial charge is 0.192 e. The van der Waals surface area contributed by atoms with Crippen LogP contribution in [0.25, 0.3) is 0 Å². The van der Waals surface area contributed by atoms with E-state index < -0.39 is 0 Å². The van der Waals surface area contributed by atoms with Crippen molar-refractivity contribution in [1.29, 1.82) is 5.26 Å². The van der Waals surface area contributed by atoms with Crippen LogP contribution >= 0.6 is 23.4 Å². The standard InChI is InChI=1S/C8H6ClNS/c1-11-7-2-3-8(9)6(4-7)5-10/h2-4H,1H3. The number of hydrogen-bond acceptors (Lipinski definition) is 2. The fourth-order valence-electron chi connectivity index (χ4n) is 0.717. The minimum Gasteiger partial charge on any atom is -0.192 e. The number of nitriles is 1. The third-order valence-corrected chi connectivity index (χ3v) is 2.35. The first-order valence-corrected chi connectivity index (χ1v) is 4.62. The Kier molecular flexibility index (Phi) is 2.81. The average Bonchev–Trinajstić information content (AvgIpc) is 2.05. The van der Waals surface area contributed by atoms with Gasteiger partial charge in [0.05, 0.1) is 10.6 Å². The van der Waals surface area contributed by atoms with Gasteiger partial charge in [0.2, 0.25) is 0 Å². The van der Waals surface area contributed by atoms with Crippen molar-refractivity contribution in [3.05, 3.63) is 28.8 Å². The summed E-state index contributed by atoms with van der Waals surface area (Å²) in [6.45, 7) is 0. The van der Waals surface area contributed by atoms with Gasteiger partial charge >= 0.3 is 0 Å². The summed E-state index contributed by atoms with van der Waals surface area (Å²) >= 11 is 7.32. The number of halogens is 1. The molecule has 0 saturated carbocycles. The lowest BCUT2D eigenvalue weighted by atomic mass is 10.2. The van der Waals surface area contributed by atoms with Crippen LogP contribution < -0.4 is 0 Å². The predicted molar refractivity (Wildman–Crippen MR) is 47.9 cm³/mol. The van der Waals surface area contributed by atoms with Crippen molar-refractivity contribution in [2.24, 2.45) is 0 Å². The summed E-state index contributed by atoms with van der Waals surface area (Å²) < 4.78 is 0. The molecule has 1 nitrogen and oxygen atoms in total. The van der Waals surface area contributed by atoms with Gasteiger partial charge in [-0.05, 0) is 24.5 Å². The number of hydrogen-bond donors (Lipinski definition) is 0. The third kappa shape index (κ3) is 1.89. The predicted octanol–water partition coefficient (Wildman–Crippen LogP) is 2.93. The van der Waals surface area contributed by atoms with E-state index in [1.807, 2.05) is 18.4 Å². The molecule has 0 aliphatic rings. The van der Waals surface area contributed by atoms with Crippen molar-refractivity contribution >= 4 is 23.4 Å². The van der Waals surface area contributed by atoms with Crippen molar-refractivity contribution < 1.29 is 0 Å². The Hall–Kier alpha value is -0.650. The van der Waals surface area contributed by atoms with E-state index >= 15 is 0 Å². The highest BCUT2D eigenvalue weighted by molar-refractivity contribution is 7.98. The Morgan fingerprint density at radius 2 is 2.27 bits per heavy atom. The molecule has 0 aromatic heterocycles. The maximum Gasteiger partial charge on any atom is 0.101 e. The second kappa shape index (κ2) is 3.66. The van der Waals surface area contributed by atoms with Gasteiger partial charge in [0.15, 0.2) is 0 Å². The van der Waals surface area contributed by atoms with Crippen LogP contribution in [0.3, 0.4) is 0 Å². The molecule has 3 heteroatoms. The molecule has 0 heterocycles. The number of nitrogens with zero attached hydrogens (tertiary/aromatic N) is 1. The van der Waals surface area contributed by atoms with E-state index in [9.17, 15) is 0 Å². The van der Waals surface area contributed by atoms with Gasteiger partial charge in [-0.2, -0.15) is 5.26 Å². The lowest BCUT2D eigenvalue weighted by Gasteiger charge is -1.97. The van der Waals surface area contributed by atoms with Crippen LogP contribution in [0, 0.1) is 11.3 Å². The minimum atomic E-state index is 0.519. The van der Waals surface area contributed by atoms with Crippen LogP contribution in [-0.2, 0) is 0 Å². The van der Waals surface area contributed by atoms with Crippen LogP contribution in [0.1, 0.15) is 5.56 Å². The first-order chi connectivity index (χ1) is 5.27. The summed E-state index contributed by atoms with van der Waals surface area (Å²) in [5.41, 5.74) is 0.540. The molecule has 0 saturated heterocycles. The second-order valence-corrected chi connectivity index (χ2v) is 3.24. The zero-order valence-electron chi connectivity index (χ0n) is 5.97. The molecular weight excluding hydrogens is 178 g/mol. The molecule has 0 bridgehead atoms. The summed E-state index contributed by atoms with van der Waals surface area (Å²) in [5, 5.41) is 9.11. The molecule has 0 aliphatic carbocycles. The molecular formula is C8H6ClNS. The van der Waals surface area contributed by atoms with Gasteiger partial charge in [-0.25, -0.2) is 0 Å². The topological polar surface area (TPSA) is 23.8 Å². The molecule has 0 N–H and O–H groups in total. The normalized spacial score (nSPS) is 9.18. The van der Waals surface area contributed by atoms with E-state index in [0.29, 0.717) is 10.6 Å². The van der Waals surface area contributed by atoms with Crippen LogP contribution in [0.4, 0.5) is 0 Å². The van der Waals surface area contributed by atoms with Crippen LogP contribution in [-0.4, -0.2) is 6.26 Å². The van der Waals surface area contributed by atoms with E-state index in [1.54, 1.807) is 23.9 Å². The van der Waals surface area contributed by atoms with Gasteiger partial charge in [-0.1, -0.05) is 11.6 Å². The Morgan fingerprint density at radius 3 is 2.82 bits per heavy atom. The molecule has 1 rings (SSSR count). The molecule has 56 valence electrons. The fourth-order valence-corrected chi connectivity index (χ4v) is 1.32. The molecule has 0 amide bonds. The van der Waals surface area contributed by atoms with Crippen LogP contribution in [0.15, 0.2) is 23.1 Å². The zero-order valence-corrected chi connectivity index (χ0v) is 7.54. The molecule has 0 unspecified atom stereocenters. The average molecular weight is 184 g/mol. The quantitative estimate of drug-likeness (QED) is 0.626. The van der Waals surface area contributed by atoms with E-state index in [2.05, 4.69) is 0 Å². The minimum absolute atomic E-state index is 0.519. The molecule has 0 fully saturated rings. The SMILES string of the molecule is CSc1ccc(Cl)c(C#N)c1. The van der Waals surface area contributed by atoms with Crippen molar-refractivity contribution in [3.63, 3.8) is 0 Å². The van der Waals surface area contributed by atoms with Crippen LogP contribution in [0.5, 0.6) is 0 Å². The van der Waals surface area contributed by atoms with Crippen LogP contribution in [0.2, 0.25) is 5.02 Å². The molecule has 1 aromatic rings. The van der Waals surface area contributed by atoms with Gasteiger partial charge in [-0.15, -0.1) is 11.8 Å². The van der Waals surface area contributed by atoms with Crippen molar-refractivity contribution in [3.8, 4) is 6.07 Å². The van der Waals surface area contributed by atoms with Gasteiger partial charge in [-0.3, -0.25) is 0 Å². The Morgan fingerprint density at radius 1 is 1.55 bits per heavy atom. The monoisotopic (exact) mass is 183 g/mol. The van der Waals surface area contributed by atoms with Gasteiger partial charge in [0, 0.05) is 4.90 Å². The smallest absolute Gasteiger partial charge is 0.101 e. The summed E-state index contributed by atoms with van der Waals surface area (Å²) in [7, 11) is 0. The zero-order chi connectivity index (χ0) is 8.27. The summed E-state index contributed by atoms with van der Waals surface area (Å²) in [5.74, 6) is 0. The Balaban J connectivity index is 3.15. The van der Waals surface area contributed by atoms with Crippen molar-refractivity contribution in [1.82, 2.24) is 0 Å². The first-order valence-electron chi connectivity index (χ1n) is 3.01. The fraction of sp³-hybridized carbons (Fsp3) is 0.125. The van der Waals surface area contributed by atoms with Gasteiger partial charge < -0.3 is 0 Å². The lowest BCUT2D eigenvalue weighted by molar-refractivity contribution is 1.41. The maximum absolute atomic E-state index is 8.59. The highest BCUT2D eigenvalue weighted by Gasteiger charge is 1.98. The van der Waals surface area contributed by atoms with Gasteiger partial charge in [0.25, 0.3) is 0 Å². The highest BCUT2D eigenvalue weighted by Crippen LogP contribution is 2.21. The first kappa shape index (κ1) is 8.45. The maximum atomic E-state index is 8.59. The van der Waals surface area contributed by atoms with E-state index in [0.717, 1.165) is 4.90 Å². The Labute approximate surface area is 75.0 Å². The molecule has 0 radical (unpaired) electrons. The molecule has 0 atom stereocenters. The summed E-state index contributed by atoms with van der Waals surface area (Å²) in [6.07, 6.45) is 1.96. The second-order valence-electron chi connectivity index (χ2n) is 1.96. The molecule has 0 spiro atoms. The lowest BCUT2D eigenvalue weighted by Crippen LogP contribution is -1.77. The third-order valence-electron chi connectivity index (χ3n) is 1.29. The summed E-state index contributed by atoms with van der Waals surface area (Å²) in [4.78, 5) is 1.06. The highest BCUT2D eigenvalue weighted by atomic mass is 35.5. The number of thioether (sulfide) groups is 1. The molecule has 0 aliphatic heterocycles. The molecule has 1 aromatic carbocycles.